The van der Waals surface area contributed by atoms with Crippen LogP contribution in [0, 0.1) is 0 Å². The van der Waals surface area contributed by atoms with E-state index in [1.165, 1.54) is 23.5 Å². The smallest absolute Gasteiger partial charge is 0.240 e. The van der Waals surface area contributed by atoms with Crippen LogP contribution in [0.4, 0.5) is 0 Å². The molecule has 0 aliphatic rings. The van der Waals surface area contributed by atoms with E-state index in [0.717, 1.165) is 8.66 Å². The second kappa shape index (κ2) is 6.31. The third-order valence-electron chi connectivity index (χ3n) is 2.49. The molecule has 0 aliphatic heterocycles. The molecule has 0 bridgehead atoms. The van der Waals surface area contributed by atoms with Gasteiger partial charge in [0.1, 0.15) is 4.99 Å². The van der Waals surface area contributed by atoms with E-state index in [1.54, 1.807) is 12.1 Å². The zero-order valence-corrected chi connectivity index (χ0v) is 14.2. The SMILES string of the molecule is NC(=S)c1cccc(S(=O)(=O)NCc2ccc(Br)s2)c1. The highest BCUT2D eigenvalue weighted by atomic mass is 79.9. The quantitative estimate of drug-likeness (QED) is 0.769. The van der Waals surface area contributed by atoms with E-state index in [2.05, 4.69) is 20.7 Å². The fourth-order valence-electron chi connectivity index (χ4n) is 1.51. The minimum atomic E-state index is -3.58. The van der Waals surface area contributed by atoms with Crippen LogP contribution >= 0.6 is 39.5 Å². The molecule has 3 N–H and O–H groups in total. The van der Waals surface area contributed by atoms with Gasteiger partial charge >= 0.3 is 0 Å². The number of halogens is 1. The van der Waals surface area contributed by atoms with Crippen molar-refractivity contribution < 1.29 is 8.42 Å². The molecule has 20 heavy (non-hydrogen) atoms. The highest BCUT2D eigenvalue weighted by Gasteiger charge is 2.15. The molecular weight excluding hydrogens is 380 g/mol. The topological polar surface area (TPSA) is 72.2 Å². The number of hydrogen-bond donors (Lipinski definition) is 2. The Labute approximate surface area is 135 Å². The molecule has 1 heterocycles. The van der Waals surface area contributed by atoms with Gasteiger partial charge in [0, 0.05) is 17.0 Å². The maximum atomic E-state index is 12.2. The van der Waals surface area contributed by atoms with Crippen LogP contribution in [0.1, 0.15) is 10.4 Å². The Morgan fingerprint density at radius 1 is 1.35 bits per heavy atom. The van der Waals surface area contributed by atoms with Crippen molar-refractivity contribution in [3.8, 4) is 0 Å². The normalized spacial score (nSPS) is 11.4. The summed E-state index contributed by atoms with van der Waals surface area (Å²) >= 11 is 9.66. The van der Waals surface area contributed by atoms with E-state index in [9.17, 15) is 8.42 Å². The second-order valence-corrected chi connectivity index (χ2v) is 8.68. The van der Waals surface area contributed by atoms with Gasteiger partial charge in [-0.05, 0) is 40.2 Å². The third kappa shape index (κ3) is 3.86. The predicted molar refractivity (Wildman–Crippen MR) is 88.4 cm³/mol. The first-order valence-electron chi connectivity index (χ1n) is 5.52. The fourth-order valence-corrected chi connectivity index (χ4v) is 4.21. The third-order valence-corrected chi connectivity index (χ3v) is 5.75. The number of thiocarbonyl (C=S) groups is 1. The molecule has 0 atom stereocenters. The standard InChI is InChI=1S/C12H11BrN2O2S3/c13-11-5-4-9(19-11)7-15-20(16,17)10-3-1-2-8(6-10)12(14)18/h1-6,15H,7H2,(H2,14,18). The number of benzene rings is 1. The number of rotatable bonds is 5. The van der Waals surface area contributed by atoms with Gasteiger partial charge in [-0.3, -0.25) is 0 Å². The van der Waals surface area contributed by atoms with Crippen molar-refractivity contribution in [3.05, 3.63) is 50.6 Å². The molecule has 1 aromatic carbocycles. The Balaban J connectivity index is 2.17. The zero-order valence-electron chi connectivity index (χ0n) is 10.2. The number of thiophene rings is 1. The molecule has 2 rings (SSSR count). The summed E-state index contributed by atoms with van der Waals surface area (Å²) < 4.78 is 27.9. The van der Waals surface area contributed by atoms with Crippen LogP contribution in [0.2, 0.25) is 0 Å². The Bertz CT molecular complexity index is 741. The van der Waals surface area contributed by atoms with E-state index >= 15 is 0 Å². The number of nitrogens with one attached hydrogen (secondary N) is 1. The van der Waals surface area contributed by atoms with Gasteiger partial charge in [0.15, 0.2) is 0 Å². The van der Waals surface area contributed by atoms with Gasteiger partial charge in [0.25, 0.3) is 0 Å². The first-order valence-corrected chi connectivity index (χ1v) is 9.02. The summed E-state index contributed by atoms with van der Waals surface area (Å²) in [6.07, 6.45) is 0. The number of nitrogens with two attached hydrogens (primary N) is 1. The molecular formula is C12H11BrN2O2S3. The van der Waals surface area contributed by atoms with Gasteiger partial charge in [-0.1, -0.05) is 24.4 Å². The van der Waals surface area contributed by atoms with Crippen LogP contribution in [0.3, 0.4) is 0 Å². The van der Waals surface area contributed by atoms with Crippen LogP contribution < -0.4 is 10.5 Å². The molecule has 0 aliphatic carbocycles. The molecule has 106 valence electrons. The fraction of sp³-hybridized carbons (Fsp3) is 0.0833. The molecule has 0 fully saturated rings. The maximum absolute atomic E-state index is 12.2. The molecule has 0 saturated carbocycles. The second-order valence-electron chi connectivity index (χ2n) is 3.92. The van der Waals surface area contributed by atoms with Gasteiger partial charge in [-0.25, -0.2) is 13.1 Å². The molecule has 1 aromatic heterocycles. The Kier molecular flexibility index (Phi) is 4.92. The van der Waals surface area contributed by atoms with Crippen LogP contribution in [-0.2, 0) is 16.6 Å². The minimum Gasteiger partial charge on any atom is -0.389 e. The van der Waals surface area contributed by atoms with Crippen molar-refractivity contribution in [1.82, 2.24) is 4.72 Å². The summed E-state index contributed by atoms with van der Waals surface area (Å²) in [7, 11) is -3.58. The van der Waals surface area contributed by atoms with E-state index in [4.69, 9.17) is 18.0 Å². The van der Waals surface area contributed by atoms with E-state index in [0.29, 0.717) is 5.56 Å². The van der Waals surface area contributed by atoms with Gasteiger partial charge in [-0.15, -0.1) is 11.3 Å². The average Bonchev–Trinajstić information content (AvgIpc) is 2.82. The summed E-state index contributed by atoms with van der Waals surface area (Å²) in [4.78, 5) is 1.24. The maximum Gasteiger partial charge on any atom is 0.240 e. The van der Waals surface area contributed by atoms with Gasteiger partial charge in [0.2, 0.25) is 10.0 Å². The van der Waals surface area contributed by atoms with Crippen molar-refractivity contribution in [2.45, 2.75) is 11.4 Å². The van der Waals surface area contributed by atoms with Crippen molar-refractivity contribution in [3.63, 3.8) is 0 Å². The summed E-state index contributed by atoms with van der Waals surface area (Å²) in [6.45, 7) is 0.246. The lowest BCUT2D eigenvalue weighted by Gasteiger charge is -2.07. The largest absolute Gasteiger partial charge is 0.389 e. The van der Waals surface area contributed by atoms with Gasteiger partial charge in [0.05, 0.1) is 8.68 Å². The predicted octanol–water partition coefficient (Wildman–Crippen LogP) is 2.62. The van der Waals surface area contributed by atoms with E-state index in [1.807, 2.05) is 12.1 Å². The monoisotopic (exact) mass is 390 g/mol. The summed E-state index contributed by atoms with van der Waals surface area (Å²) in [5, 5.41) is 0. The molecule has 0 radical (unpaired) electrons. The number of sulfonamides is 1. The number of hydrogen-bond acceptors (Lipinski definition) is 4. The van der Waals surface area contributed by atoms with Gasteiger partial charge in [-0.2, -0.15) is 0 Å². The van der Waals surface area contributed by atoms with Crippen molar-refractivity contribution in [1.29, 1.82) is 0 Å². The van der Waals surface area contributed by atoms with Crippen LogP contribution in [0.25, 0.3) is 0 Å². The van der Waals surface area contributed by atoms with Crippen molar-refractivity contribution in [2.24, 2.45) is 5.73 Å². The van der Waals surface area contributed by atoms with Crippen molar-refractivity contribution in [2.75, 3.05) is 0 Å². The van der Waals surface area contributed by atoms with E-state index in [-0.39, 0.29) is 16.4 Å². The molecule has 4 nitrogen and oxygen atoms in total. The summed E-state index contributed by atoms with van der Waals surface area (Å²) in [5.41, 5.74) is 6.04. The van der Waals surface area contributed by atoms with Crippen LogP contribution in [0.5, 0.6) is 0 Å². The van der Waals surface area contributed by atoms with Gasteiger partial charge < -0.3 is 5.73 Å². The first kappa shape index (κ1) is 15.6. The lowest BCUT2D eigenvalue weighted by Crippen LogP contribution is -2.23. The highest BCUT2D eigenvalue weighted by Crippen LogP contribution is 2.22. The molecule has 0 spiro atoms. The summed E-state index contributed by atoms with van der Waals surface area (Å²) in [6, 6.07) is 10.0. The lowest BCUT2D eigenvalue weighted by molar-refractivity contribution is 0.582. The minimum absolute atomic E-state index is 0.151. The Morgan fingerprint density at radius 2 is 2.10 bits per heavy atom. The van der Waals surface area contributed by atoms with Crippen LogP contribution in [0.15, 0.2) is 45.1 Å². The Hall–Kier alpha value is -0.800. The van der Waals surface area contributed by atoms with E-state index < -0.39 is 10.0 Å². The molecule has 8 heteroatoms. The first-order chi connectivity index (χ1) is 9.38. The lowest BCUT2D eigenvalue weighted by atomic mass is 10.2. The Morgan fingerprint density at radius 3 is 2.70 bits per heavy atom. The molecule has 0 amide bonds. The molecule has 2 aromatic rings. The van der Waals surface area contributed by atoms with Crippen molar-refractivity contribution >= 4 is 54.5 Å². The average molecular weight is 391 g/mol. The molecule has 0 saturated heterocycles. The zero-order chi connectivity index (χ0) is 14.8. The van der Waals surface area contributed by atoms with Crippen LogP contribution in [-0.4, -0.2) is 13.4 Å². The highest BCUT2D eigenvalue weighted by molar-refractivity contribution is 9.11. The summed E-state index contributed by atoms with van der Waals surface area (Å²) in [5.74, 6) is 0. The molecule has 0 unspecified atom stereocenters.